The van der Waals surface area contributed by atoms with Gasteiger partial charge in [0.1, 0.15) is 6.33 Å². The number of aliphatic hydroxyl groups excluding tert-OH is 1. The minimum Gasteiger partial charge on any atom is -0.393 e. The van der Waals surface area contributed by atoms with Crippen LogP contribution < -0.4 is 5.32 Å². The number of hydrogen-bond acceptors (Lipinski definition) is 4. The van der Waals surface area contributed by atoms with Crippen LogP contribution in [-0.2, 0) is 0 Å². The Bertz CT molecular complexity index is 301. The largest absolute Gasteiger partial charge is 0.393 e. The molecule has 0 aliphatic rings. The summed E-state index contributed by atoms with van der Waals surface area (Å²) in [6.45, 7) is 2.28. The molecule has 1 heterocycles. The van der Waals surface area contributed by atoms with Gasteiger partial charge in [0.25, 0.3) is 5.91 Å². The molecule has 0 fully saturated rings. The van der Waals surface area contributed by atoms with Gasteiger partial charge < -0.3 is 10.4 Å². The Morgan fingerprint density at radius 1 is 1.53 bits per heavy atom. The second kappa shape index (κ2) is 6.08. The fourth-order valence-corrected chi connectivity index (χ4v) is 1.12. The summed E-state index contributed by atoms with van der Waals surface area (Å²) in [5.41, 5.74) is 0.453. The van der Waals surface area contributed by atoms with E-state index < -0.39 is 0 Å². The van der Waals surface area contributed by atoms with Gasteiger partial charge in [-0.05, 0) is 19.8 Å². The smallest absolute Gasteiger partial charge is 0.254 e. The number of hydrogen-bond donors (Lipinski definition) is 2. The van der Waals surface area contributed by atoms with E-state index in [1.54, 1.807) is 6.92 Å². The summed E-state index contributed by atoms with van der Waals surface area (Å²) in [7, 11) is 0. The zero-order valence-electron chi connectivity index (χ0n) is 8.68. The number of nitrogens with one attached hydrogen (secondary N) is 1. The minimum absolute atomic E-state index is 0.179. The van der Waals surface area contributed by atoms with Crippen molar-refractivity contribution in [1.82, 2.24) is 15.3 Å². The van der Waals surface area contributed by atoms with E-state index in [0.717, 1.165) is 6.42 Å². The summed E-state index contributed by atoms with van der Waals surface area (Å²) in [5.74, 6) is -0.179. The van der Waals surface area contributed by atoms with Crippen LogP contribution in [0.3, 0.4) is 0 Å². The molecule has 1 rings (SSSR count). The molecule has 1 amide bonds. The lowest BCUT2D eigenvalue weighted by molar-refractivity contribution is 0.0949. The summed E-state index contributed by atoms with van der Waals surface area (Å²) in [6, 6.07) is 0. The van der Waals surface area contributed by atoms with Crippen LogP contribution in [0.25, 0.3) is 0 Å². The maximum Gasteiger partial charge on any atom is 0.254 e. The monoisotopic (exact) mass is 209 g/mol. The van der Waals surface area contributed by atoms with Gasteiger partial charge in [-0.3, -0.25) is 4.79 Å². The van der Waals surface area contributed by atoms with E-state index in [1.165, 1.54) is 18.7 Å². The number of aliphatic hydroxyl groups is 1. The van der Waals surface area contributed by atoms with Gasteiger partial charge in [0.05, 0.1) is 11.7 Å². The summed E-state index contributed by atoms with van der Waals surface area (Å²) in [4.78, 5) is 18.9. The molecule has 82 valence electrons. The topological polar surface area (TPSA) is 75.1 Å². The van der Waals surface area contributed by atoms with E-state index in [1.807, 2.05) is 0 Å². The van der Waals surface area contributed by atoms with E-state index in [2.05, 4.69) is 15.3 Å². The van der Waals surface area contributed by atoms with Crippen LogP contribution in [0.1, 0.15) is 30.1 Å². The Hall–Kier alpha value is -1.49. The van der Waals surface area contributed by atoms with Crippen molar-refractivity contribution in [3.8, 4) is 0 Å². The van der Waals surface area contributed by atoms with Gasteiger partial charge >= 0.3 is 0 Å². The molecule has 0 saturated heterocycles. The van der Waals surface area contributed by atoms with Crippen molar-refractivity contribution >= 4 is 5.91 Å². The van der Waals surface area contributed by atoms with Crippen LogP contribution in [-0.4, -0.2) is 33.6 Å². The minimum atomic E-state index is -0.318. The first-order valence-corrected chi connectivity index (χ1v) is 4.91. The quantitative estimate of drug-likeness (QED) is 0.687. The molecular formula is C10H15N3O2. The Morgan fingerprint density at radius 3 is 2.80 bits per heavy atom. The van der Waals surface area contributed by atoms with E-state index >= 15 is 0 Å². The maximum absolute atomic E-state index is 11.4. The van der Waals surface area contributed by atoms with Gasteiger partial charge in [0, 0.05) is 18.9 Å². The van der Waals surface area contributed by atoms with E-state index in [4.69, 9.17) is 5.11 Å². The molecule has 0 radical (unpaired) electrons. The lowest BCUT2D eigenvalue weighted by Gasteiger charge is -2.05. The van der Waals surface area contributed by atoms with Crippen molar-refractivity contribution in [3.05, 3.63) is 24.3 Å². The van der Waals surface area contributed by atoms with Gasteiger partial charge in [-0.25, -0.2) is 9.97 Å². The van der Waals surface area contributed by atoms with Crippen molar-refractivity contribution in [2.75, 3.05) is 6.54 Å². The number of nitrogens with zero attached hydrogens (tertiary/aromatic N) is 2. The highest BCUT2D eigenvalue weighted by Gasteiger charge is 2.04. The molecule has 0 saturated carbocycles. The van der Waals surface area contributed by atoms with Gasteiger partial charge in [-0.2, -0.15) is 0 Å². The van der Waals surface area contributed by atoms with Crippen molar-refractivity contribution in [1.29, 1.82) is 0 Å². The number of rotatable bonds is 5. The van der Waals surface area contributed by atoms with Crippen LogP contribution in [0, 0.1) is 0 Å². The zero-order valence-corrected chi connectivity index (χ0v) is 8.68. The van der Waals surface area contributed by atoms with Gasteiger partial charge in [0.15, 0.2) is 0 Å². The van der Waals surface area contributed by atoms with E-state index in [9.17, 15) is 4.79 Å². The molecule has 2 N–H and O–H groups in total. The fourth-order valence-electron chi connectivity index (χ4n) is 1.12. The fraction of sp³-hybridized carbons (Fsp3) is 0.500. The molecule has 1 aromatic rings. The number of carbonyl (C=O) groups is 1. The van der Waals surface area contributed by atoms with Crippen LogP contribution >= 0.6 is 0 Å². The normalized spacial score (nSPS) is 12.1. The molecule has 0 spiro atoms. The van der Waals surface area contributed by atoms with E-state index in [-0.39, 0.29) is 12.0 Å². The van der Waals surface area contributed by atoms with E-state index in [0.29, 0.717) is 18.5 Å². The summed E-state index contributed by atoms with van der Waals surface area (Å²) < 4.78 is 0. The third-order valence-electron chi connectivity index (χ3n) is 1.91. The highest BCUT2D eigenvalue weighted by molar-refractivity contribution is 5.93. The van der Waals surface area contributed by atoms with Crippen molar-refractivity contribution < 1.29 is 9.90 Å². The van der Waals surface area contributed by atoms with Crippen LogP contribution in [0.15, 0.2) is 18.7 Å². The highest BCUT2D eigenvalue weighted by Crippen LogP contribution is 1.96. The molecule has 5 heteroatoms. The molecule has 0 aliphatic carbocycles. The predicted molar refractivity (Wildman–Crippen MR) is 55.3 cm³/mol. The number of aromatic nitrogens is 2. The zero-order chi connectivity index (χ0) is 11.1. The maximum atomic E-state index is 11.4. The summed E-state index contributed by atoms with van der Waals surface area (Å²) in [5, 5.41) is 11.7. The SMILES string of the molecule is CC(O)CCCNC(=O)c1cncnc1. The first-order valence-electron chi connectivity index (χ1n) is 4.91. The summed E-state index contributed by atoms with van der Waals surface area (Å²) >= 11 is 0. The Kier molecular flexibility index (Phi) is 4.70. The highest BCUT2D eigenvalue weighted by atomic mass is 16.3. The third kappa shape index (κ3) is 4.51. The van der Waals surface area contributed by atoms with Crippen molar-refractivity contribution in [2.24, 2.45) is 0 Å². The van der Waals surface area contributed by atoms with Crippen LogP contribution in [0.5, 0.6) is 0 Å². The molecular weight excluding hydrogens is 194 g/mol. The lowest BCUT2D eigenvalue weighted by Crippen LogP contribution is -2.25. The molecule has 5 nitrogen and oxygen atoms in total. The Labute approximate surface area is 88.6 Å². The van der Waals surface area contributed by atoms with Gasteiger partial charge in [-0.15, -0.1) is 0 Å². The predicted octanol–water partition coefficient (Wildman–Crippen LogP) is 0.367. The Balaban J connectivity index is 2.25. The summed E-state index contributed by atoms with van der Waals surface area (Å²) in [6.07, 6.45) is 5.45. The first-order chi connectivity index (χ1) is 7.20. The molecule has 0 bridgehead atoms. The second-order valence-corrected chi connectivity index (χ2v) is 3.37. The molecule has 15 heavy (non-hydrogen) atoms. The number of carbonyl (C=O) groups excluding carboxylic acids is 1. The molecule has 0 aromatic carbocycles. The van der Waals surface area contributed by atoms with Crippen LogP contribution in [0.2, 0.25) is 0 Å². The van der Waals surface area contributed by atoms with Gasteiger partial charge in [0.2, 0.25) is 0 Å². The molecule has 1 aromatic heterocycles. The average molecular weight is 209 g/mol. The number of amides is 1. The molecule has 0 aliphatic heterocycles. The average Bonchev–Trinajstić information content (AvgIpc) is 2.25. The standard InChI is InChI=1S/C10H15N3O2/c1-8(14)3-2-4-13-10(15)9-5-11-7-12-6-9/h5-8,14H,2-4H2,1H3,(H,13,15). The first kappa shape index (κ1) is 11.6. The van der Waals surface area contributed by atoms with Gasteiger partial charge in [-0.1, -0.05) is 0 Å². The third-order valence-corrected chi connectivity index (χ3v) is 1.91. The Morgan fingerprint density at radius 2 is 2.20 bits per heavy atom. The van der Waals surface area contributed by atoms with Crippen molar-refractivity contribution in [3.63, 3.8) is 0 Å². The second-order valence-electron chi connectivity index (χ2n) is 3.37. The molecule has 1 unspecified atom stereocenters. The molecule has 1 atom stereocenters. The lowest BCUT2D eigenvalue weighted by atomic mass is 10.2. The van der Waals surface area contributed by atoms with Crippen LogP contribution in [0.4, 0.5) is 0 Å². The van der Waals surface area contributed by atoms with Crippen molar-refractivity contribution in [2.45, 2.75) is 25.9 Å².